The predicted octanol–water partition coefficient (Wildman–Crippen LogP) is 5.19. The number of nitrogens with zero attached hydrogens (tertiary/aromatic N) is 2. The van der Waals surface area contributed by atoms with Gasteiger partial charge in [0.25, 0.3) is 5.91 Å². The number of rotatable bonds is 7. The first-order chi connectivity index (χ1) is 16.2. The maximum absolute atomic E-state index is 13.3. The van der Waals surface area contributed by atoms with Crippen molar-refractivity contribution in [2.24, 2.45) is 0 Å². The second kappa shape index (κ2) is 10.8. The number of benzene rings is 3. The molecule has 1 atom stereocenters. The van der Waals surface area contributed by atoms with Crippen LogP contribution in [0.4, 0.5) is 0 Å². The van der Waals surface area contributed by atoms with E-state index in [9.17, 15) is 10.1 Å². The summed E-state index contributed by atoms with van der Waals surface area (Å²) in [6.45, 7) is 2.57. The number of carbonyl (C=O) groups excluding carboxylic acids is 1. The molecule has 0 bridgehead atoms. The average Bonchev–Trinajstić information content (AvgIpc) is 2.89. The van der Waals surface area contributed by atoms with E-state index < -0.39 is 0 Å². The molecule has 0 radical (unpaired) electrons. The highest BCUT2D eigenvalue weighted by atomic mass is 16.5. The second-order valence-corrected chi connectivity index (χ2v) is 8.30. The fourth-order valence-corrected chi connectivity index (χ4v) is 4.53. The van der Waals surface area contributed by atoms with Gasteiger partial charge in [-0.05, 0) is 61.3 Å². The number of piperidine rings is 1. The fourth-order valence-electron chi connectivity index (χ4n) is 4.53. The molecule has 5 heteroatoms. The number of ether oxygens (including phenoxy) is 1. The van der Waals surface area contributed by atoms with Gasteiger partial charge in [-0.1, -0.05) is 55.0 Å². The first-order valence-corrected chi connectivity index (χ1v) is 11.5. The predicted molar refractivity (Wildman–Crippen MR) is 130 cm³/mol. The molecule has 0 spiro atoms. The van der Waals surface area contributed by atoms with E-state index in [1.165, 1.54) is 24.8 Å². The van der Waals surface area contributed by atoms with Crippen LogP contribution in [0.25, 0.3) is 11.1 Å². The summed E-state index contributed by atoms with van der Waals surface area (Å²) in [5, 5.41) is 12.7. The van der Waals surface area contributed by atoms with Crippen molar-refractivity contribution in [2.45, 2.75) is 25.3 Å². The van der Waals surface area contributed by atoms with Gasteiger partial charge in [-0.2, -0.15) is 5.26 Å². The van der Waals surface area contributed by atoms with E-state index in [1.54, 1.807) is 13.2 Å². The van der Waals surface area contributed by atoms with Crippen molar-refractivity contribution in [1.29, 1.82) is 5.26 Å². The van der Waals surface area contributed by atoms with Crippen LogP contribution in [-0.2, 0) is 0 Å². The Hall–Kier alpha value is -3.62. The van der Waals surface area contributed by atoms with Crippen LogP contribution in [0.1, 0.15) is 46.8 Å². The summed E-state index contributed by atoms with van der Waals surface area (Å²) < 4.78 is 5.32. The molecule has 5 nitrogen and oxygen atoms in total. The zero-order chi connectivity index (χ0) is 23.0. The summed E-state index contributed by atoms with van der Waals surface area (Å²) in [7, 11) is 1.67. The SMILES string of the molecule is COc1ccc([C@@H](CNC(=O)c2ccccc2-c2ccccc2C#N)N2CCCCC2)cc1. The van der Waals surface area contributed by atoms with Gasteiger partial charge in [-0.15, -0.1) is 0 Å². The molecule has 0 unspecified atom stereocenters. The smallest absolute Gasteiger partial charge is 0.251 e. The van der Waals surface area contributed by atoms with Gasteiger partial charge in [0.05, 0.1) is 24.8 Å². The zero-order valence-corrected chi connectivity index (χ0v) is 19.0. The molecule has 33 heavy (non-hydrogen) atoms. The summed E-state index contributed by atoms with van der Waals surface area (Å²) >= 11 is 0. The van der Waals surface area contributed by atoms with Crippen molar-refractivity contribution in [3.63, 3.8) is 0 Å². The Morgan fingerprint density at radius 1 is 0.970 bits per heavy atom. The molecular formula is C28H29N3O2. The number of likely N-dealkylation sites (tertiary alicyclic amines) is 1. The standard InChI is InChI=1S/C28H29N3O2/c1-33-23-15-13-21(14-16-23)27(31-17-7-2-8-18-31)20-30-28(32)26-12-6-5-11-25(26)24-10-4-3-9-22(24)19-29/h3-6,9-16,27H,2,7-8,17-18,20H2,1H3,(H,30,32)/t27-/m1/s1. The number of methoxy groups -OCH3 is 1. The molecule has 4 rings (SSSR count). The van der Waals surface area contributed by atoms with Crippen molar-refractivity contribution in [2.75, 3.05) is 26.7 Å². The third kappa shape index (κ3) is 5.24. The Bertz CT molecular complexity index is 1130. The number of hydrogen-bond donors (Lipinski definition) is 1. The van der Waals surface area contributed by atoms with Crippen molar-refractivity contribution < 1.29 is 9.53 Å². The molecule has 0 aliphatic carbocycles. The van der Waals surface area contributed by atoms with Crippen LogP contribution in [0.3, 0.4) is 0 Å². The zero-order valence-electron chi connectivity index (χ0n) is 19.0. The molecule has 168 valence electrons. The van der Waals surface area contributed by atoms with Crippen LogP contribution in [0.5, 0.6) is 5.75 Å². The van der Waals surface area contributed by atoms with Gasteiger partial charge >= 0.3 is 0 Å². The lowest BCUT2D eigenvalue weighted by Gasteiger charge is -2.35. The van der Waals surface area contributed by atoms with Gasteiger partial charge in [-0.3, -0.25) is 9.69 Å². The third-order valence-electron chi connectivity index (χ3n) is 6.30. The largest absolute Gasteiger partial charge is 0.497 e. The molecule has 1 heterocycles. The van der Waals surface area contributed by atoms with Gasteiger partial charge in [0, 0.05) is 17.7 Å². The van der Waals surface area contributed by atoms with Gasteiger partial charge in [0.2, 0.25) is 0 Å². The Balaban J connectivity index is 1.57. The molecular weight excluding hydrogens is 410 g/mol. The topological polar surface area (TPSA) is 65.4 Å². The monoisotopic (exact) mass is 439 g/mol. The van der Waals surface area contributed by atoms with Crippen LogP contribution in [0, 0.1) is 11.3 Å². The number of hydrogen-bond acceptors (Lipinski definition) is 4. The number of carbonyl (C=O) groups is 1. The maximum atomic E-state index is 13.3. The highest BCUT2D eigenvalue weighted by Gasteiger charge is 2.24. The lowest BCUT2D eigenvalue weighted by Crippen LogP contribution is -2.40. The summed E-state index contributed by atoms with van der Waals surface area (Å²) in [6, 6.07) is 25.3. The van der Waals surface area contributed by atoms with E-state index in [0.717, 1.165) is 30.0 Å². The maximum Gasteiger partial charge on any atom is 0.251 e. The van der Waals surface area contributed by atoms with E-state index in [1.807, 2.05) is 54.6 Å². The highest BCUT2D eigenvalue weighted by molar-refractivity contribution is 6.01. The summed E-state index contributed by atoms with van der Waals surface area (Å²) in [5.41, 5.74) is 3.84. The van der Waals surface area contributed by atoms with E-state index in [2.05, 4.69) is 28.4 Å². The Morgan fingerprint density at radius 3 is 2.33 bits per heavy atom. The van der Waals surface area contributed by atoms with Crippen LogP contribution < -0.4 is 10.1 Å². The minimum Gasteiger partial charge on any atom is -0.497 e. The fraction of sp³-hybridized carbons (Fsp3) is 0.286. The molecule has 1 aliphatic rings. The number of nitrogens with one attached hydrogen (secondary N) is 1. The molecule has 1 aliphatic heterocycles. The van der Waals surface area contributed by atoms with Crippen LogP contribution in [0.2, 0.25) is 0 Å². The molecule has 0 saturated carbocycles. The Morgan fingerprint density at radius 2 is 1.64 bits per heavy atom. The molecule has 1 N–H and O–H groups in total. The minimum absolute atomic E-state index is 0.0960. The summed E-state index contributed by atoms with van der Waals surface area (Å²) in [5.74, 6) is 0.694. The normalized spacial score (nSPS) is 14.8. The first-order valence-electron chi connectivity index (χ1n) is 11.5. The van der Waals surface area contributed by atoms with Gasteiger partial charge in [-0.25, -0.2) is 0 Å². The van der Waals surface area contributed by atoms with E-state index >= 15 is 0 Å². The van der Waals surface area contributed by atoms with Crippen LogP contribution >= 0.6 is 0 Å². The van der Waals surface area contributed by atoms with Gasteiger partial charge in [0.15, 0.2) is 0 Å². The summed E-state index contributed by atoms with van der Waals surface area (Å²) in [4.78, 5) is 15.8. The molecule has 1 saturated heterocycles. The first kappa shape index (κ1) is 22.6. The number of nitriles is 1. The van der Waals surface area contributed by atoms with Gasteiger partial charge in [0.1, 0.15) is 5.75 Å². The molecule has 3 aromatic rings. The van der Waals surface area contributed by atoms with Crippen LogP contribution in [0.15, 0.2) is 72.8 Å². The lowest BCUT2D eigenvalue weighted by atomic mass is 9.95. The Labute approximate surface area is 195 Å². The lowest BCUT2D eigenvalue weighted by molar-refractivity contribution is 0.0925. The third-order valence-corrected chi connectivity index (χ3v) is 6.30. The quantitative estimate of drug-likeness (QED) is 0.550. The van der Waals surface area contributed by atoms with Crippen molar-refractivity contribution in [1.82, 2.24) is 10.2 Å². The molecule has 3 aromatic carbocycles. The Kier molecular flexibility index (Phi) is 7.39. The molecule has 0 aromatic heterocycles. The van der Waals surface area contributed by atoms with E-state index in [4.69, 9.17) is 4.74 Å². The molecule has 1 amide bonds. The van der Waals surface area contributed by atoms with E-state index in [-0.39, 0.29) is 11.9 Å². The second-order valence-electron chi connectivity index (χ2n) is 8.30. The minimum atomic E-state index is -0.131. The van der Waals surface area contributed by atoms with E-state index in [0.29, 0.717) is 17.7 Å². The van der Waals surface area contributed by atoms with Gasteiger partial charge < -0.3 is 10.1 Å². The summed E-state index contributed by atoms with van der Waals surface area (Å²) in [6.07, 6.45) is 3.60. The average molecular weight is 440 g/mol. The van der Waals surface area contributed by atoms with Crippen molar-refractivity contribution >= 4 is 5.91 Å². The molecule has 1 fully saturated rings. The van der Waals surface area contributed by atoms with Crippen molar-refractivity contribution in [3.05, 3.63) is 89.5 Å². The van der Waals surface area contributed by atoms with Crippen molar-refractivity contribution in [3.8, 4) is 22.9 Å². The van der Waals surface area contributed by atoms with Crippen LogP contribution in [-0.4, -0.2) is 37.6 Å². The number of amides is 1. The highest BCUT2D eigenvalue weighted by Crippen LogP contribution is 2.28.